The van der Waals surface area contributed by atoms with E-state index >= 15 is 0 Å². The normalized spacial score (nSPS) is 13.3. The average molecular weight is 383 g/mol. The van der Waals surface area contributed by atoms with Crippen LogP contribution in [0.5, 0.6) is 0 Å². The van der Waals surface area contributed by atoms with Gasteiger partial charge in [0, 0.05) is 28.1 Å². The van der Waals surface area contributed by atoms with Crippen molar-refractivity contribution in [1.82, 2.24) is 4.98 Å². The number of benzene rings is 2. The van der Waals surface area contributed by atoms with Gasteiger partial charge in [-0.3, -0.25) is 10.1 Å². The van der Waals surface area contributed by atoms with Gasteiger partial charge >= 0.3 is 0 Å². The van der Waals surface area contributed by atoms with E-state index in [0.29, 0.717) is 10.7 Å². The van der Waals surface area contributed by atoms with Crippen LogP contribution in [0.25, 0.3) is 0 Å². The number of carbonyl (C=O) groups excluding carboxylic acids is 1. The van der Waals surface area contributed by atoms with Gasteiger partial charge in [0.15, 0.2) is 5.13 Å². The Morgan fingerprint density at radius 1 is 1.08 bits per heavy atom. The van der Waals surface area contributed by atoms with E-state index in [4.69, 9.17) is 11.6 Å². The minimum Gasteiger partial charge on any atom is -0.298 e. The minimum absolute atomic E-state index is 0.0919. The second kappa shape index (κ2) is 7.60. The molecule has 1 amide bonds. The van der Waals surface area contributed by atoms with E-state index in [-0.39, 0.29) is 5.91 Å². The molecule has 2 aromatic carbocycles. The molecule has 4 rings (SSSR count). The highest BCUT2D eigenvalue weighted by molar-refractivity contribution is 7.15. The maximum absolute atomic E-state index is 12.5. The van der Waals surface area contributed by atoms with Crippen LogP contribution in [0.1, 0.15) is 44.8 Å². The van der Waals surface area contributed by atoms with Gasteiger partial charge in [-0.15, -0.1) is 11.3 Å². The number of fused-ring (bicyclic) bond motifs is 1. The predicted octanol–water partition coefficient (Wildman–Crippen LogP) is 5.52. The number of halogens is 1. The third-order valence-corrected chi connectivity index (χ3v) is 5.84. The molecule has 0 bridgehead atoms. The monoisotopic (exact) mass is 382 g/mol. The number of nitrogens with one attached hydrogen (secondary N) is 1. The maximum atomic E-state index is 12.5. The minimum atomic E-state index is -0.0919. The lowest BCUT2D eigenvalue weighted by atomic mass is 9.90. The Labute approximate surface area is 162 Å². The first-order chi connectivity index (χ1) is 12.7. The molecule has 0 unspecified atom stereocenters. The molecule has 1 aromatic heterocycles. The number of hydrogen-bond acceptors (Lipinski definition) is 3. The van der Waals surface area contributed by atoms with E-state index in [1.807, 2.05) is 42.6 Å². The van der Waals surface area contributed by atoms with Crippen LogP contribution in [0, 0.1) is 0 Å². The first-order valence-electron chi connectivity index (χ1n) is 8.80. The van der Waals surface area contributed by atoms with Crippen LogP contribution >= 0.6 is 22.9 Å². The lowest BCUT2D eigenvalue weighted by Crippen LogP contribution is -2.13. The number of carbonyl (C=O) groups is 1. The number of amides is 1. The van der Waals surface area contributed by atoms with Gasteiger partial charge in [-0.1, -0.05) is 29.8 Å². The van der Waals surface area contributed by atoms with Crippen molar-refractivity contribution in [2.75, 3.05) is 5.32 Å². The Bertz CT molecular complexity index is 933. The summed E-state index contributed by atoms with van der Waals surface area (Å²) in [6.45, 7) is 0. The standard InChI is InChI=1S/C21H19ClN2OS/c22-18-9-5-14(6-10-18)11-19-13-23-21(26-19)24-20(25)17-8-7-15-3-1-2-4-16(15)12-17/h5-10,12-13H,1-4,11H2,(H,23,24,25). The Morgan fingerprint density at radius 2 is 1.85 bits per heavy atom. The molecule has 0 fully saturated rings. The average Bonchev–Trinajstić information content (AvgIpc) is 3.10. The first-order valence-corrected chi connectivity index (χ1v) is 9.99. The van der Waals surface area contributed by atoms with Crippen LogP contribution in [0.4, 0.5) is 5.13 Å². The van der Waals surface area contributed by atoms with E-state index in [1.54, 1.807) is 0 Å². The number of aryl methyl sites for hydroxylation is 2. The number of aromatic nitrogens is 1. The van der Waals surface area contributed by atoms with Crippen molar-refractivity contribution in [3.05, 3.63) is 80.8 Å². The highest BCUT2D eigenvalue weighted by Crippen LogP contribution is 2.25. The Hall–Kier alpha value is -2.17. The number of rotatable bonds is 4. The molecule has 1 aliphatic carbocycles. The molecule has 0 saturated heterocycles. The third kappa shape index (κ3) is 3.97. The second-order valence-electron chi connectivity index (χ2n) is 6.58. The fraction of sp³-hybridized carbons (Fsp3) is 0.238. The summed E-state index contributed by atoms with van der Waals surface area (Å²) in [6, 6.07) is 13.8. The molecule has 0 spiro atoms. The van der Waals surface area contributed by atoms with E-state index < -0.39 is 0 Å². The molecule has 26 heavy (non-hydrogen) atoms. The van der Waals surface area contributed by atoms with Gasteiger partial charge in [0.1, 0.15) is 0 Å². The molecule has 1 N–H and O–H groups in total. The number of anilines is 1. The zero-order valence-corrected chi connectivity index (χ0v) is 15.9. The van der Waals surface area contributed by atoms with E-state index in [1.165, 1.54) is 40.9 Å². The smallest absolute Gasteiger partial charge is 0.257 e. The van der Waals surface area contributed by atoms with Crippen LogP contribution in [-0.4, -0.2) is 10.9 Å². The van der Waals surface area contributed by atoms with Crippen molar-refractivity contribution in [3.63, 3.8) is 0 Å². The van der Waals surface area contributed by atoms with Crippen molar-refractivity contribution < 1.29 is 4.79 Å². The number of thiazole rings is 1. The maximum Gasteiger partial charge on any atom is 0.257 e. The van der Waals surface area contributed by atoms with Gasteiger partial charge in [0.2, 0.25) is 0 Å². The van der Waals surface area contributed by atoms with E-state index in [9.17, 15) is 4.79 Å². The lowest BCUT2D eigenvalue weighted by Gasteiger charge is -2.16. The molecular weight excluding hydrogens is 364 g/mol. The highest BCUT2D eigenvalue weighted by Gasteiger charge is 2.14. The van der Waals surface area contributed by atoms with Crippen molar-refractivity contribution >= 4 is 34.0 Å². The SMILES string of the molecule is O=C(Nc1ncc(Cc2ccc(Cl)cc2)s1)c1ccc2c(c1)CCCC2. The summed E-state index contributed by atoms with van der Waals surface area (Å²) >= 11 is 7.43. The largest absolute Gasteiger partial charge is 0.298 e. The predicted molar refractivity (Wildman–Crippen MR) is 107 cm³/mol. The fourth-order valence-electron chi connectivity index (χ4n) is 3.29. The Kier molecular flexibility index (Phi) is 5.05. The summed E-state index contributed by atoms with van der Waals surface area (Å²) in [6.07, 6.45) is 7.24. The summed E-state index contributed by atoms with van der Waals surface area (Å²) in [5.41, 5.74) is 4.57. The fourth-order valence-corrected chi connectivity index (χ4v) is 4.26. The molecule has 3 nitrogen and oxygen atoms in total. The van der Waals surface area contributed by atoms with Crippen LogP contribution in [0.3, 0.4) is 0 Å². The van der Waals surface area contributed by atoms with Crippen LogP contribution in [0.2, 0.25) is 5.02 Å². The summed E-state index contributed by atoms with van der Waals surface area (Å²) in [5.74, 6) is -0.0919. The zero-order chi connectivity index (χ0) is 17.9. The van der Waals surface area contributed by atoms with Crippen molar-refractivity contribution in [1.29, 1.82) is 0 Å². The van der Waals surface area contributed by atoms with Gasteiger partial charge in [0.25, 0.3) is 5.91 Å². The molecule has 0 atom stereocenters. The van der Waals surface area contributed by atoms with Crippen molar-refractivity contribution in [2.24, 2.45) is 0 Å². The van der Waals surface area contributed by atoms with Gasteiger partial charge in [-0.05, 0) is 66.6 Å². The molecular formula is C21H19ClN2OS. The molecule has 3 aromatic rings. The Morgan fingerprint density at radius 3 is 2.65 bits per heavy atom. The van der Waals surface area contributed by atoms with Gasteiger partial charge < -0.3 is 0 Å². The molecule has 1 aliphatic rings. The molecule has 1 heterocycles. The summed E-state index contributed by atoms with van der Waals surface area (Å²) in [5, 5.41) is 4.30. The van der Waals surface area contributed by atoms with Crippen LogP contribution < -0.4 is 5.32 Å². The van der Waals surface area contributed by atoms with E-state index in [2.05, 4.69) is 16.4 Å². The zero-order valence-electron chi connectivity index (χ0n) is 14.3. The summed E-state index contributed by atoms with van der Waals surface area (Å²) in [7, 11) is 0. The highest BCUT2D eigenvalue weighted by atomic mass is 35.5. The summed E-state index contributed by atoms with van der Waals surface area (Å²) in [4.78, 5) is 18.0. The van der Waals surface area contributed by atoms with Gasteiger partial charge in [-0.2, -0.15) is 0 Å². The topological polar surface area (TPSA) is 42.0 Å². The number of hydrogen-bond donors (Lipinski definition) is 1. The van der Waals surface area contributed by atoms with Crippen LogP contribution in [-0.2, 0) is 19.3 Å². The third-order valence-electron chi connectivity index (χ3n) is 4.68. The second-order valence-corrected chi connectivity index (χ2v) is 8.13. The van der Waals surface area contributed by atoms with Crippen molar-refractivity contribution in [2.45, 2.75) is 32.1 Å². The van der Waals surface area contributed by atoms with E-state index in [0.717, 1.165) is 29.2 Å². The summed E-state index contributed by atoms with van der Waals surface area (Å²) < 4.78 is 0. The molecule has 0 saturated carbocycles. The van der Waals surface area contributed by atoms with Gasteiger partial charge in [-0.25, -0.2) is 4.98 Å². The molecule has 5 heteroatoms. The quantitative estimate of drug-likeness (QED) is 0.645. The van der Waals surface area contributed by atoms with Gasteiger partial charge in [0.05, 0.1) is 0 Å². The molecule has 0 aliphatic heterocycles. The Balaban J connectivity index is 1.43. The molecule has 132 valence electrons. The molecule has 0 radical (unpaired) electrons. The lowest BCUT2D eigenvalue weighted by molar-refractivity contribution is 0.102. The number of nitrogens with zero attached hydrogens (tertiary/aromatic N) is 1. The van der Waals surface area contributed by atoms with Crippen LogP contribution in [0.15, 0.2) is 48.7 Å². The first kappa shape index (κ1) is 17.3. The van der Waals surface area contributed by atoms with Crippen molar-refractivity contribution in [3.8, 4) is 0 Å².